The number of esters is 1. The van der Waals surface area contributed by atoms with E-state index in [2.05, 4.69) is 9.88 Å². The standard InChI is InChI=1S/C15H21N3O2/c1-2-20-15(19)12-7-14(17-8-13(12)16)18(11-5-6-11)9-10-3-4-10/h7-8,10-11H,2-6,9,16H2,1H3. The fraction of sp³-hybridized carbons (Fsp3) is 0.600. The van der Waals surface area contributed by atoms with Crippen molar-refractivity contribution in [1.29, 1.82) is 0 Å². The summed E-state index contributed by atoms with van der Waals surface area (Å²) in [7, 11) is 0. The Labute approximate surface area is 119 Å². The number of pyridine rings is 1. The van der Waals surface area contributed by atoms with Gasteiger partial charge in [0.05, 0.1) is 24.1 Å². The summed E-state index contributed by atoms with van der Waals surface area (Å²) in [5.74, 6) is 1.29. The molecule has 20 heavy (non-hydrogen) atoms. The van der Waals surface area contributed by atoms with Crippen LogP contribution >= 0.6 is 0 Å². The van der Waals surface area contributed by atoms with Crippen LogP contribution in [0.3, 0.4) is 0 Å². The van der Waals surface area contributed by atoms with E-state index in [1.807, 2.05) is 0 Å². The topological polar surface area (TPSA) is 68.5 Å². The maximum Gasteiger partial charge on any atom is 0.340 e. The molecule has 1 heterocycles. The van der Waals surface area contributed by atoms with E-state index < -0.39 is 0 Å². The number of nitrogens with two attached hydrogens (primary N) is 1. The van der Waals surface area contributed by atoms with Crippen molar-refractivity contribution in [3.63, 3.8) is 0 Å². The quantitative estimate of drug-likeness (QED) is 0.806. The highest BCUT2D eigenvalue weighted by Crippen LogP contribution is 2.37. The van der Waals surface area contributed by atoms with Crippen LogP contribution < -0.4 is 10.6 Å². The van der Waals surface area contributed by atoms with Gasteiger partial charge in [-0.15, -0.1) is 0 Å². The van der Waals surface area contributed by atoms with Gasteiger partial charge in [-0.05, 0) is 44.6 Å². The molecule has 0 aliphatic heterocycles. The summed E-state index contributed by atoms with van der Waals surface area (Å²) in [4.78, 5) is 18.7. The maximum absolute atomic E-state index is 11.9. The number of aromatic nitrogens is 1. The van der Waals surface area contributed by atoms with Gasteiger partial charge in [-0.1, -0.05) is 0 Å². The molecule has 2 aliphatic rings. The number of hydrogen-bond donors (Lipinski definition) is 1. The molecule has 0 spiro atoms. The molecule has 5 heteroatoms. The lowest BCUT2D eigenvalue weighted by Crippen LogP contribution is -2.29. The third-order valence-corrected chi connectivity index (χ3v) is 3.85. The molecule has 3 rings (SSSR count). The van der Waals surface area contributed by atoms with E-state index in [1.165, 1.54) is 25.7 Å². The van der Waals surface area contributed by atoms with Gasteiger partial charge in [-0.3, -0.25) is 0 Å². The summed E-state index contributed by atoms with van der Waals surface area (Å²) in [6, 6.07) is 2.37. The number of rotatable bonds is 6. The lowest BCUT2D eigenvalue weighted by Gasteiger charge is -2.24. The largest absolute Gasteiger partial charge is 0.462 e. The summed E-state index contributed by atoms with van der Waals surface area (Å²) in [6.07, 6.45) is 6.62. The Morgan fingerprint density at radius 3 is 2.80 bits per heavy atom. The van der Waals surface area contributed by atoms with E-state index in [4.69, 9.17) is 10.5 Å². The minimum Gasteiger partial charge on any atom is -0.462 e. The molecule has 1 aromatic heterocycles. The SMILES string of the molecule is CCOC(=O)c1cc(N(CC2CC2)C2CC2)ncc1N. The number of nitrogen functional groups attached to an aromatic ring is 1. The minimum absolute atomic E-state index is 0.352. The molecule has 0 saturated heterocycles. The second-order valence-corrected chi connectivity index (χ2v) is 5.68. The second kappa shape index (κ2) is 5.31. The number of hydrogen-bond acceptors (Lipinski definition) is 5. The smallest absolute Gasteiger partial charge is 0.340 e. The second-order valence-electron chi connectivity index (χ2n) is 5.68. The van der Waals surface area contributed by atoms with Gasteiger partial charge < -0.3 is 15.4 Å². The summed E-state index contributed by atoms with van der Waals surface area (Å²) >= 11 is 0. The monoisotopic (exact) mass is 275 g/mol. The minimum atomic E-state index is -0.365. The van der Waals surface area contributed by atoms with Crippen molar-refractivity contribution in [3.8, 4) is 0 Å². The van der Waals surface area contributed by atoms with Crippen LogP contribution in [0.15, 0.2) is 12.3 Å². The van der Waals surface area contributed by atoms with Gasteiger partial charge in [0.1, 0.15) is 5.82 Å². The Balaban J connectivity index is 1.83. The fourth-order valence-electron chi connectivity index (χ4n) is 2.39. The number of ether oxygens (including phenoxy) is 1. The third-order valence-electron chi connectivity index (χ3n) is 3.85. The lowest BCUT2D eigenvalue weighted by atomic mass is 10.2. The zero-order valence-electron chi connectivity index (χ0n) is 11.8. The molecular weight excluding hydrogens is 254 g/mol. The van der Waals surface area contributed by atoms with Crippen LogP contribution in [0.1, 0.15) is 43.0 Å². The highest BCUT2D eigenvalue weighted by Gasteiger charge is 2.34. The van der Waals surface area contributed by atoms with Gasteiger partial charge >= 0.3 is 5.97 Å². The molecule has 2 N–H and O–H groups in total. The molecular formula is C15H21N3O2. The van der Waals surface area contributed by atoms with Crippen LogP contribution in [0.2, 0.25) is 0 Å². The zero-order valence-corrected chi connectivity index (χ0v) is 11.8. The van der Waals surface area contributed by atoms with E-state index in [9.17, 15) is 4.79 Å². The Bertz CT molecular complexity index is 510. The zero-order chi connectivity index (χ0) is 14.1. The van der Waals surface area contributed by atoms with E-state index in [-0.39, 0.29) is 5.97 Å². The summed E-state index contributed by atoms with van der Waals surface area (Å²) in [6.45, 7) is 3.19. The predicted molar refractivity (Wildman–Crippen MR) is 77.7 cm³/mol. The van der Waals surface area contributed by atoms with Crippen molar-refractivity contribution in [2.45, 2.75) is 38.6 Å². The highest BCUT2D eigenvalue weighted by molar-refractivity contribution is 5.95. The van der Waals surface area contributed by atoms with Crippen molar-refractivity contribution in [3.05, 3.63) is 17.8 Å². The molecule has 2 fully saturated rings. The van der Waals surface area contributed by atoms with E-state index >= 15 is 0 Å². The molecule has 0 unspecified atom stereocenters. The van der Waals surface area contributed by atoms with Gasteiger partial charge in [0.15, 0.2) is 0 Å². The molecule has 0 amide bonds. The Morgan fingerprint density at radius 2 is 2.20 bits per heavy atom. The molecule has 108 valence electrons. The first kappa shape index (κ1) is 13.2. The predicted octanol–water partition coefficient (Wildman–Crippen LogP) is 2.22. The Morgan fingerprint density at radius 1 is 1.45 bits per heavy atom. The van der Waals surface area contributed by atoms with Crippen LogP contribution in [-0.2, 0) is 4.74 Å². The average molecular weight is 275 g/mol. The molecule has 2 aliphatic carbocycles. The summed E-state index contributed by atoms with van der Waals surface area (Å²) < 4.78 is 5.05. The van der Waals surface area contributed by atoms with Crippen LogP contribution in [0.5, 0.6) is 0 Å². The number of anilines is 2. The number of nitrogens with zero attached hydrogens (tertiary/aromatic N) is 2. The van der Waals surface area contributed by atoms with E-state index in [0.717, 1.165) is 18.3 Å². The lowest BCUT2D eigenvalue weighted by molar-refractivity contribution is 0.0527. The number of carbonyl (C=O) groups is 1. The Kier molecular flexibility index (Phi) is 3.51. The van der Waals surface area contributed by atoms with Crippen molar-refractivity contribution in [2.75, 3.05) is 23.8 Å². The van der Waals surface area contributed by atoms with Crippen molar-refractivity contribution in [2.24, 2.45) is 5.92 Å². The van der Waals surface area contributed by atoms with Crippen molar-refractivity contribution < 1.29 is 9.53 Å². The first-order chi connectivity index (χ1) is 9.69. The Hall–Kier alpha value is -1.78. The normalized spacial score (nSPS) is 17.9. The molecule has 5 nitrogen and oxygen atoms in total. The molecule has 1 aromatic rings. The molecule has 2 saturated carbocycles. The van der Waals surface area contributed by atoms with Crippen molar-refractivity contribution in [1.82, 2.24) is 4.98 Å². The van der Waals surface area contributed by atoms with Gasteiger partial charge in [0.25, 0.3) is 0 Å². The van der Waals surface area contributed by atoms with Gasteiger partial charge in [-0.2, -0.15) is 0 Å². The van der Waals surface area contributed by atoms with Gasteiger partial charge in [0, 0.05) is 12.6 Å². The number of carbonyl (C=O) groups excluding carboxylic acids is 1. The van der Waals surface area contributed by atoms with Crippen LogP contribution in [0.25, 0.3) is 0 Å². The van der Waals surface area contributed by atoms with Crippen LogP contribution in [0.4, 0.5) is 11.5 Å². The van der Waals surface area contributed by atoms with Gasteiger partial charge in [-0.25, -0.2) is 9.78 Å². The average Bonchev–Trinajstić information content (AvgIpc) is 3.30. The molecule has 0 aromatic carbocycles. The third kappa shape index (κ3) is 2.86. The summed E-state index contributed by atoms with van der Waals surface area (Å²) in [5.41, 5.74) is 6.66. The molecule has 0 atom stereocenters. The first-order valence-corrected chi connectivity index (χ1v) is 7.38. The first-order valence-electron chi connectivity index (χ1n) is 7.38. The summed E-state index contributed by atoms with van der Waals surface area (Å²) in [5, 5.41) is 0. The highest BCUT2D eigenvalue weighted by atomic mass is 16.5. The van der Waals surface area contributed by atoms with Crippen LogP contribution in [0, 0.1) is 5.92 Å². The fourth-order valence-corrected chi connectivity index (χ4v) is 2.39. The van der Waals surface area contributed by atoms with E-state index in [1.54, 1.807) is 19.2 Å². The molecule has 0 bridgehead atoms. The molecule has 0 radical (unpaired) electrons. The maximum atomic E-state index is 11.9. The van der Waals surface area contributed by atoms with Crippen molar-refractivity contribution >= 4 is 17.5 Å². The van der Waals surface area contributed by atoms with E-state index in [0.29, 0.717) is 23.9 Å². The van der Waals surface area contributed by atoms with Crippen LogP contribution in [-0.4, -0.2) is 30.1 Å². The van der Waals surface area contributed by atoms with Gasteiger partial charge in [0.2, 0.25) is 0 Å².